The molecule has 28 heavy (non-hydrogen) atoms. The highest BCUT2D eigenvalue weighted by Gasteiger charge is 2.41. The lowest BCUT2D eigenvalue weighted by molar-refractivity contribution is -0.139. The Morgan fingerprint density at radius 2 is 1.79 bits per heavy atom. The summed E-state index contributed by atoms with van der Waals surface area (Å²) < 4.78 is 23.2. The predicted molar refractivity (Wildman–Crippen MR) is 98.3 cm³/mol. The van der Waals surface area contributed by atoms with Crippen molar-refractivity contribution >= 4 is 41.9 Å². The zero-order valence-electron chi connectivity index (χ0n) is 15.4. The molecule has 160 valence electrons. The molecule has 1 aliphatic rings. The van der Waals surface area contributed by atoms with E-state index in [4.69, 9.17) is 25.0 Å². The summed E-state index contributed by atoms with van der Waals surface area (Å²) in [5.41, 5.74) is 4.94. The van der Waals surface area contributed by atoms with Gasteiger partial charge in [-0.25, -0.2) is 4.57 Å². The maximum Gasteiger partial charge on any atom is 0.391 e. The second kappa shape index (κ2) is 10.2. The van der Waals surface area contributed by atoms with Gasteiger partial charge in [-0.2, -0.15) is 0 Å². The number of carboxylic acid groups (broad SMARTS) is 2. The highest BCUT2D eigenvalue weighted by atomic mass is 32.7. The molecule has 2 amide bonds. The van der Waals surface area contributed by atoms with Crippen molar-refractivity contribution < 1.29 is 43.0 Å². The Morgan fingerprint density at radius 1 is 1.21 bits per heavy atom. The zero-order valence-corrected chi connectivity index (χ0v) is 17.1. The summed E-state index contributed by atoms with van der Waals surface area (Å²) in [6.07, 6.45) is -0.496. The van der Waals surface area contributed by atoms with Crippen LogP contribution in [0.15, 0.2) is 0 Å². The van der Waals surface area contributed by atoms with Crippen molar-refractivity contribution in [2.45, 2.75) is 38.1 Å². The molecule has 0 aliphatic carbocycles. The molecule has 1 unspecified atom stereocenters. The van der Waals surface area contributed by atoms with Crippen molar-refractivity contribution in [3.05, 3.63) is 0 Å². The Hall–Kier alpha value is -1.66. The van der Waals surface area contributed by atoms with Crippen LogP contribution in [-0.2, 0) is 32.8 Å². The highest BCUT2D eigenvalue weighted by Crippen LogP contribution is 2.65. The Bertz CT molecular complexity index is 658. The quantitative estimate of drug-likeness (QED) is 0.221. The number of hydrogen-bond donors (Lipinski definition) is 5. The SMILES string of the molecule is CC1(C)COP(=O)(SC(NC(=O)CC[C@H](N)C(=O)O)C(=O)NCC(=O)O)OC1. The molecule has 14 heteroatoms. The molecule has 0 saturated carbocycles. The Balaban J connectivity index is 2.77. The molecule has 1 fully saturated rings. The number of nitrogens with two attached hydrogens (primary N) is 1. The molecule has 0 aromatic carbocycles. The Labute approximate surface area is 165 Å². The van der Waals surface area contributed by atoms with Gasteiger partial charge in [0, 0.05) is 11.8 Å². The van der Waals surface area contributed by atoms with Gasteiger partial charge in [-0.1, -0.05) is 13.8 Å². The van der Waals surface area contributed by atoms with Crippen LogP contribution in [0.4, 0.5) is 0 Å². The average Bonchev–Trinajstić information content (AvgIpc) is 2.60. The fourth-order valence-electron chi connectivity index (χ4n) is 1.80. The minimum Gasteiger partial charge on any atom is -0.480 e. The Kier molecular flexibility index (Phi) is 8.89. The molecular weight excluding hydrogens is 417 g/mol. The lowest BCUT2D eigenvalue weighted by atomic mass is 9.97. The molecule has 1 aliphatic heterocycles. The first-order chi connectivity index (χ1) is 12.8. The van der Waals surface area contributed by atoms with Crippen LogP contribution in [0.3, 0.4) is 0 Å². The van der Waals surface area contributed by atoms with Crippen LogP contribution in [0.2, 0.25) is 0 Å². The standard InChI is InChI=1S/C14H24N3O9PS/c1-14(2)6-25-27(24,26-7-14)28-12(11(21)16-5-10(19)20)17-9(18)4-3-8(15)13(22)23/h8,12H,3-7,15H2,1-2H3,(H,16,21)(H,17,18)(H,19,20)(H,22,23)/t8-,12?/m0/s1. The van der Waals surface area contributed by atoms with Gasteiger partial charge in [0.15, 0.2) is 5.37 Å². The van der Waals surface area contributed by atoms with Crippen LogP contribution in [-0.4, -0.2) is 65.1 Å². The Morgan fingerprint density at radius 3 is 2.29 bits per heavy atom. The molecule has 0 radical (unpaired) electrons. The summed E-state index contributed by atoms with van der Waals surface area (Å²) in [7, 11) is 0. The molecule has 1 heterocycles. The number of aliphatic carboxylic acids is 2. The van der Waals surface area contributed by atoms with Crippen LogP contribution in [0, 0.1) is 5.41 Å². The van der Waals surface area contributed by atoms with Crippen molar-refractivity contribution in [3.8, 4) is 0 Å². The van der Waals surface area contributed by atoms with E-state index < -0.39 is 48.5 Å². The fourth-order valence-corrected chi connectivity index (χ4v) is 5.53. The van der Waals surface area contributed by atoms with Crippen LogP contribution in [0.25, 0.3) is 0 Å². The fraction of sp³-hybridized carbons (Fsp3) is 0.714. The van der Waals surface area contributed by atoms with Gasteiger partial charge in [0.2, 0.25) is 5.91 Å². The molecule has 6 N–H and O–H groups in total. The first-order valence-electron chi connectivity index (χ1n) is 8.18. The molecule has 0 aromatic heterocycles. The molecule has 1 saturated heterocycles. The third-order valence-electron chi connectivity index (χ3n) is 3.40. The topological polar surface area (TPSA) is 194 Å². The number of hydrogen-bond acceptors (Lipinski definition) is 9. The van der Waals surface area contributed by atoms with E-state index in [-0.39, 0.29) is 31.5 Å². The first kappa shape index (κ1) is 24.4. The number of carboxylic acids is 2. The van der Waals surface area contributed by atoms with E-state index in [0.717, 1.165) is 0 Å². The number of carbonyl (C=O) groups is 4. The molecule has 2 atom stereocenters. The van der Waals surface area contributed by atoms with Crippen molar-refractivity contribution in [2.24, 2.45) is 11.1 Å². The monoisotopic (exact) mass is 441 g/mol. The maximum absolute atomic E-state index is 12.7. The van der Waals surface area contributed by atoms with E-state index in [9.17, 15) is 23.7 Å². The second-order valence-corrected chi connectivity index (χ2v) is 10.9. The number of amides is 2. The van der Waals surface area contributed by atoms with Crippen LogP contribution >= 0.6 is 18.2 Å². The smallest absolute Gasteiger partial charge is 0.391 e. The number of carbonyl (C=O) groups excluding carboxylic acids is 2. The van der Waals surface area contributed by atoms with E-state index in [1.807, 2.05) is 13.8 Å². The van der Waals surface area contributed by atoms with E-state index in [1.54, 1.807) is 0 Å². The zero-order chi connectivity index (χ0) is 21.5. The first-order valence-corrected chi connectivity index (χ1v) is 11.2. The van der Waals surface area contributed by atoms with Crippen molar-refractivity contribution in [3.63, 3.8) is 0 Å². The summed E-state index contributed by atoms with van der Waals surface area (Å²) in [6.45, 7) is -0.651. The van der Waals surface area contributed by atoms with Crippen LogP contribution < -0.4 is 16.4 Å². The van der Waals surface area contributed by atoms with Crippen LogP contribution in [0.1, 0.15) is 26.7 Å². The number of nitrogens with one attached hydrogen (secondary N) is 2. The van der Waals surface area contributed by atoms with E-state index in [0.29, 0.717) is 11.4 Å². The summed E-state index contributed by atoms with van der Waals surface area (Å²) in [4.78, 5) is 45.6. The van der Waals surface area contributed by atoms with Crippen molar-refractivity contribution in [1.82, 2.24) is 10.6 Å². The molecule has 0 bridgehead atoms. The molecule has 0 aromatic rings. The number of rotatable bonds is 10. The third-order valence-corrected chi connectivity index (χ3v) is 7.14. The van der Waals surface area contributed by atoms with Gasteiger partial charge in [-0.05, 0) is 17.8 Å². The molecular formula is C14H24N3O9PS. The van der Waals surface area contributed by atoms with E-state index in [1.165, 1.54) is 0 Å². The highest BCUT2D eigenvalue weighted by molar-refractivity contribution is 8.55. The summed E-state index contributed by atoms with van der Waals surface area (Å²) in [6, 6.07) is -1.26. The molecule has 12 nitrogen and oxygen atoms in total. The van der Waals surface area contributed by atoms with E-state index >= 15 is 0 Å². The van der Waals surface area contributed by atoms with Gasteiger partial charge < -0.3 is 35.6 Å². The lowest BCUT2D eigenvalue weighted by Gasteiger charge is -2.34. The van der Waals surface area contributed by atoms with E-state index in [2.05, 4.69) is 10.6 Å². The van der Waals surface area contributed by atoms with Gasteiger partial charge in [0.05, 0.1) is 13.2 Å². The molecule has 0 spiro atoms. The predicted octanol–water partition coefficient (Wildman–Crippen LogP) is -0.264. The summed E-state index contributed by atoms with van der Waals surface area (Å²) >= 11 is 0.424. The average molecular weight is 441 g/mol. The van der Waals surface area contributed by atoms with Crippen molar-refractivity contribution in [1.29, 1.82) is 0 Å². The van der Waals surface area contributed by atoms with Crippen molar-refractivity contribution in [2.75, 3.05) is 19.8 Å². The van der Waals surface area contributed by atoms with Gasteiger partial charge in [-0.15, -0.1) is 0 Å². The normalized spacial score (nSPS) is 19.8. The van der Waals surface area contributed by atoms with Gasteiger partial charge in [0.1, 0.15) is 12.6 Å². The minimum absolute atomic E-state index is 0.0994. The van der Waals surface area contributed by atoms with Gasteiger partial charge in [-0.3, -0.25) is 19.2 Å². The van der Waals surface area contributed by atoms with Gasteiger partial charge >= 0.3 is 18.7 Å². The van der Waals surface area contributed by atoms with Gasteiger partial charge in [0.25, 0.3) is 5.91 Å². The van der Waals surface area contributed by atoms with Crippen LogP contribution in [0.5, 0.6) is 0 Å². The second-order valence-electron chi connectivity index (χ2n) is 6.81. The summed E-state index contributed by atoms with van der Waals surface area (Å²) in [5.74, 6) is -4.25. The molecule has 1 rings (SSSR count). The summed E-state index contributed by atoms with van der Waals surface area (Å²) in [5, 5.41) is 20.3. The lowest BCUT2D eigenvalue weighted by Crippen LogP contribution is -2.46. The minimum atomic E-state index is -3.79. The third kappa shape index (κ3) is 8.57. The maximum atomic E-state index is 12.7. The largest absolute Gasteiger partial charge is 0.480 e.